The smallest absolute Gasteiger partial charge is 0.127 e. The van der Waals surface area contributed by atoms with Crippen LogP contribution in [0.3, 0.4) is 0 Å². The van der Waals surface area contributed by atoms with Crippen LogP contribution in [0.2, 0.25) is 0 Å². The van der Waals surface area contributed by atoms with E-state index in [1.165, 1.54) is 0 Å². The quantitative estimate of drug-likeness (QED) is 0.141. The number of imidazole rings is 1. The van der Waals surface area contributed by atoms with Gasteiger partial charge in [-0.15, -0.1) is 0 Å². The number of aryl methyl sites for hydroxylation is 1. The number of nitrogens with two attached hydrogens (primary N) is 1. The molecule has 3 aromatic carbocycles. The summed E-state index contributed by atoms with van der Waals surface area (Å²) in [6.45, 7) is 10.6. The minimum atomic E-state index is 0.719. The summed E-state index contributed by atoms with van der Waals surface area (Å²) in [6.07, 6.45) is 6.29. The average molecular weight is 513 g/mol. The summed E-state index contributed by atoms with van der Waals surface area (Å²) in [6, 6.07) is 23.8. The average Bonchev–Trinajstić information content (AvgIpc) is 3.38. The highest BCUT2D eigenvalue weighted by Crippen LogP contribution is 2.27. The lowest BCUT2D eigenvalue weighted by molar-refractivity contribution is 0.249. The SMILES string of the molecule is CCCCc1nc(-c2ccc(OCCCN(CC)CC)cc2)cn1-c1ccc(Oc2ccc(N)cc2)cc1. The molecule has 0 unspecified atom stereocenters. The molecule has 0 spiro atoms. The molecule has 0 radical (unpaired) electrons. The third-order valence-corrected chi connectivity index (χ3v) is 6.70. The van der Waals surface area contributed by atoms with Crippen molar-refractivity contribution in [2.45, 2.75) is 46.5 Å². The first-order valence-electron chi connectivity index (χ1n) is 13.8. The fourth-order valence-electron chi connectivity index (χ4n) is 4.38. The maximum Gasteiger partial charge on any atom is 0.127 e. The van der Waals surface area contributed by atoms with Gasteiger partial charge in [-0.2, -0.15) is 0 Å². The zero-order valence-corrected chi connectivity index (χ0v) is 22.9. The summed E-state index contributed by atoms with van der Waals surface area (Å²) in [5.41, 5.74) is 9.60. The number of benzene rings is 3. The number of aromatic nitrogens is 2. The molecule has 1 aromatic heterocycles. The van der Waals surface area contributed by atoms with Crippen LogP contribution in [0.4, 0.5) is 5.69 Å². The van der Waals surface area contributed by atoms with Crippen molar-refractivity contribution in [1.29, 1.82) is 0 Å². The van der Waals surface area contributed by atoms with Gasteiger partial charge in [0, 0.05) is 36.1 Å². The maximum atomic E-state index is 5.98. The van der Waals surface area contributed by atoms with Gasteiger partial charge in [0.05, 0.1) is 12.3 Å². The van der Waals surface area contributed by atoms with Crippen molar-refractivity contribution in [3.05, 3.63) is 84.8 Å². The summed E-state index contributed by atoms with van der Waals surface area (Å²) < 4.78 is 14.1. The van der Waals surface area contributed by atoms with E-state index < -0.39 is 0 Å². The Bertz CT molecular complexity index is 1240. The lowest BCUT2D eigenvalue weighted by Crippen LogP contribution is -2.25. The molecular formula is C32H40N4O2. The second-order valence-electron chi connectivity index (χ2n) is 9.43. The fraction of sp³-hybridized carbons (Fsp3) is 0.344. The van der Waals surface area contributed by atoms with Crippen molar-refractivity contribution in [2.75, 3.05) is 32.0 Å². The van der Waals surface area contributed by atoms with Crippen LogP contribution in [0.15, 0.2) is 79.0 Å². The van der Waals surface area contributed by atoms with Crippen LogP contribution in [-0.2, 0) is 6.42 Å². The van der Waals surface area contributed by atoms with Crippen LogP contribution in [0.1, 0.15) is 45.9 Å². The van der Waals surface area contributed by atoms with Gasteiger partial charge in [-0.05, 0) is 98.7 Å². The molecule has 0 atom stereocenters. The summed E-state index contributed by atoms with van der Waals surface area (Å²) >= 11 is 0. The van der Waals surface area contributed by atoms with Gasteiger partial charge >= 0.3 is 0 Å². The number of anilines is 1. The van der Waals surface area contributed by atoms with E-state index in [0.717, 1.165) is 97.6 Å². The monoisotopic (exact) mass is 512 g/mol. The van der Waals surface area contributed by atoms with E-state index in [-0.39, 0.29) is 0 Å². The molecule has 4 aromatic rings. The van der Waals surface area contributed by atoms with Crippen molar-refractivity contribution in [3.8, 4) is 34.2 Å². The molecule has 0 saturated carbocycles. The lowest BCUT2D eigenvalue weighted by atomic mass is 10.1. The van der Waals surface area contributed by atoms with Gasteiger partial charge in [-0.25, -0.2) is 4.98 Å². The van der Waals surface area contributed by atoms with E-state index in [0.29, 0.717) is 0 Å². The highest BCUT2D eigenvalue weighted by Gasteiger charge is 2.12. The van der Waals surface area contributed by atoms with E-state index in [2.05, 4.69) is 60.7 Å². The molecule has 6 nitrogen and oxygen atoms in total. The number of unbranched alkanes of at least 4 members (excludes halogenated alkanes) is 1. The van der Waals surface area contributed by atoms with Gasteiger partial charge in [-0.1, -0.05) is 27.2 Å². The van der Waals surface area contributed by atoms with Crippen LogP contribution in [0, 0.1) is 0 Å². The van der Waals surface area contributed by atoms with E-state index >= 15 is 0 Å². The predicted molar refractivity (Wildman–Crippen MR) is 156 cm³/mol. The van der Waals surface area contributed by atoms with Gasteiger partial charge in [-0.3, -0.25) is 0 Å². The number of nitrogen functional groups attached to an aromatic ring is 1. The second kappa shape index (κ2) is 13.7. The van der Waals surface area contributed by atoms with Crippen LogP contribution < -0.4 is 15.2 Å². The van der Waals surface area contributed by atoms with Gasteiger partial charge in [0.15, 0.2) is 0 Å². The molecule has 0 aliphatic rings. The zero-order valence-electron chi connectivity index (χ0n) is 22.9. The van der Waals surface area contributed by atoms with Gasteiger partial charge in [0.2, 0.25) is 0 Å². The molecule has 6 heteroatoms. The molecule has 0 fully saturated rings. The summed E-state index contributed by atoms with van der Waals surface area (Å²) in [7, 11) is 0. The Labute approximate surface area is 227 Å². The Kier molecular flexibility index (Phi) is 9.82. The van der Waals surface area contributed by atoms with Gasteiger partial charge in [0.25, 0.3) is 0 Å². The second-order valence-corrected chi connectivity index (χ2v) is 9.43. The van der Waals surface area contributed by atoms with Gasteiger partial charge in [0.1, 0.15) is 23.1 Å². The topological polar surface area (TPSA) is 65.5 Å². The Morgan fingerprint density at radius 2 is 1.42 bits per heavy atom. The van der Waals surface area contributed by atoms with Crippen molar-refractivity contribution in [1.82, 2.24) is 14.5 Å². The fourth-order valence-corrected chi connectivity index (χ4v) is 4.38. The standard InChI is InChI=1S/C32H40N4O2/c1-4-7-9-32-34-31(25-10-16-28(17-11-25)37-23-8-22-35(5-2)6-3)24-36(32)27-14-20-30(21-15-27)38-29-18-12-26(33)13-19-29/h10-21,24H,4-9,22-23,33H2,1-3H3. The van der Waals surface area contributed by atoms with E-state index in [4.69, 9.17) is 20.2 Å². The molecule has 0 aliphatic carbocycles. The van der Waals surface area contributed by atoms with Crippen LogP contribution in [0.5, 0.6) is 17.2 Å². The predicted octanol–water partition coefficient (Wildman–Crippen LogP) is 7.37. The zero-order chi connectivity index (χ0) is 26.7. The molecule has 2 N–H and O–H groups in total. The molecule has 1 heterocycles. The van der Waals surface area contributed by atoms with Crippen molar-refractivity contribution >= 4 is 5.69 Å². The van der Waals surface area contributed by atoms with Crippen molar-refractivity contribution in [3.63, 3.8) is 0 Å². The lowest BCUT2D eigenvalue weighted by Gasteiger charge is -2.17. The van der Waals surface area contributed by atoms with E-state index in [1.54, 1.807) is 0 Å². The minimum absolute atomic E-state index is 0.719. The number of hydrogen-bond acceptors (Lipinski definition) is 5. The molecule has 0 amide bonds. The first-order valence-corrected chi connectivity index (χ1v) is 13.8. The Balaban J connectivity index is 1.45. The highest BCUT2D eigenvalue weighted by molar-refractivity contribution is 5.61. The Morgan fingerprint density at radius 3 is 2.05 bits per heavy atom. The summed E-state index contributed by atoms with van der Waals surface area (Å²) in [5, 5.41) is 0. The number of rotatable bonds is 14. The molecule has 4 rings (SSSR count). The minimum Gasteiger partial charge on any atom is -0.494 e. The number of nitrogens with zero attached hydrogens (tertiary/aromatic N) is 3. The first-order chi connectivity index (χ1) is 18.6. The van der Waals surface area contributed by atoms with Crippen molar-refractivity contribution < 1.29 is 9.47 Å². The molecule has 38 heavy (non-hydrogen) atoms. The Morgan fingerprint density at radius 1 is 0.789 bits per heavy atom. The van der Waals surface area contributed by atoms with Crippen LogP contribution >= 0.6 is 0 Å². The highest BCUT2D eigenvalue weighted by atomic mass is 16.5. The molecule has 0 bridgehead atoms. The summed E-state index contributed by atoms with van der Waals surface area (Å²) in [4.78, 5) is 7.43. The number of ether oxygens (including phenoxy) is 2. The largest absolute Gasteiger partial charge is 0.494 e. The maximum absolute atomic E-state index is 5.98. The molecular weight excluding hydrogens is 472 g/mol. The van der Waals surface area contributed by atoms with E-state index in [9.17, 15) is 0 Å². The molecule has 0 aliphatic heterocycles. The Hall–Kier alpha value is -3.77. The van der Waals surface area contributed by atoms with Crippen LogP contribution in [0.25, 0.3) is 16.9 Å². The first kappa shape index (κ1) is 27.3. The number of hydrogen-bond donors (Lipinski definition) is 1. The molecule has 0 saturated heterocycles. The molecule has 200 valence electrons. The van der Waals surface area contributed by atoms with Crippen LogP contribution in [-0.4, -0.2) is 40.7 Å². The van der Waals surface area contributed by atoms with Gasteiger partial charge < -0.3 is 24.7 Å². The normalized spacial score (nSPS) is 11.2. The summed E-state index contributed by atoms with van der Waals surface area (Å²) in [5.74, 6) is 3.50. The van der Waals surface area contributed by atoms with Crippen molar-refractivity contribution in [2.24, 2.45) is 0 Å². The van der Waals surface area contributed by atoms with E-state index in [1.807, 2.05) is 48.5 Å². The third-order valence-electron chi connectivity index (χ3n) is 6.70. The third kappa shape index (κ3) is 7.39.